The normalized spacial score (nSPS) is 12.0. The van der Waals surface area contributed by atoms with E-state index < -0.39 is 6.04 Å². The van der Waals surface area contributed by atoms with Crippen molar-refractivity contribution < 1.29 is 14.4 Å². The van der Waals surface area contributed by atoms with Crippen LogP contribution in [-0.4, -0.2) is 52.8 Å². The topological polar surface area (TPSA) is 91.4 Å². The van der Waals surface area contributed by atoms with E-state index in [2.05, 4.69) is 15.6 Å². The minimum Gasteiger partial charge on any atom is -0.350 e. The van der Waals surface area contributed by atoms with Crippen molar-refractivity contribution >= 4 is 17.7 Å². The van der Waals surface area contributed by atoms with Crippen molar-refractivity contribution in [3.05, 3.63) is 66.0 Å². The minimum atomic E-state index is -0.808. The molecule has 154 valence electrons. The molecule has 7 nitrogen and oxygen atoms in total. The second-order valence-electron chi connectivity index (χ2n) is 7.95. The van der Waals surface area contributed by atoms with Gasteiger partial charge in [-0.1, -0.05) is 30.3 Å². The zero-order chi connectivity index (χ0) is 21.4. The molecule has 0 fully saturated rings. The Balaban J connectivity index is 2.13. The van der Waals surface area contributed by atoms with Crippen LogP contribution in [0.25, 0.3) is 0 Å². The third-order valence-electron chi connectivity index (χ3n) is 4.08. The van der Waals surface area contributed by atoms with E-state index in [0.29, 0.717) is 12.0 Å². The molecule has 7 heteroatoms. The fourth-order valence-corrected chi connectivity index (χ4v) is 2.81. The van der Waals surface area contributed by atoms with E-state index in [9.17, 15) is 14.4 Å². The maximum Gasteiger partial charge on any atom is 0.253 e. The van der Waals surface area contributed by atoms with Gasteiger partial charge < -0.3 is 15.5 Å². The van der Waals surface area contributed by atoms with Gasteiger partial charge in [0.05, 0.1) is 12.1 Å². The summed E-state index contributed by atoms with van der Waals surface area (Å²) in [6.07, 6.45) is 3.34. The Morgan fingerprint density at radius 3 is 2.34 bits per heavy atom. The van der Waals surface area contributed by atoms with Gasteiger partial charge in [-0.25, -0.2) is 0 Å². The van der Waals surface area contributed by atoms with Gasteiger partial charge in [0.25, 0.3) is 5.91 Å². The lowest BCUT2D eigenvalue weighted by Crippen LogP contribution is -2.52. The molecule has 1 heterocycles. The number of benzene rings is 1. The third kappa shape index (κ3) is 7.37. The fraction of sp³-hybridized carbons (Fsp3) is 0.364. The Morgan fingerprint density at radius 1 is 1.07 bits per heavy atom. The Bertz CT molecular complexity index is 832. The average Bonchev–Trinajstić information content (AvgIpc) is 2.66. The third-order valence-corrected chi connectivity index (χ3v) is 4.08. The predicted molar refractivity (Wildman–Crippen MR) is 111 cm³/mol. The maximum atomic E-state index is 13.0. The van der Waals surface area contributed by atoms with Gasteiger partial charge in [-0.15, -0.1) is 0 Å². The Morgan fingerprint density at radius 2 is 1.76 bits per heavy atom. The molecule has 29 heavy (non-hydrogen) atoms. The summed E-state index contributed by atoms with van der Waals surface area (Å²) in [5.41, 5.74) is 0.884. The zero-order valence-electron chi connectivity index (χ0n) is 17.3. The summed E-state index contributed by atoms with van der Waals surface area (Å²) in [5.74, 6) is -0.986. The van der Waals surface area contributed by atoms with E-state index in [1.165, 1.54) is 11.1 Å². The van der Waals surface area contributed by atoms with Crippen molar-refractivity contribution in [2.45, 2.75) is 38.8 Å². The SMILES string of the molecule is CN(CC(=O)NC(C)(C)C)C(=O)C(Cc1ccccc1)NC(=O)c1cccnc1. The number of amides is 3. The zero-order valence-corrected chi connectivity index (χ0v) is 17.3. The van der Waals surface area contributed by atoms with Crippen LogP contribution in [0.15, 0.2) is 54.9 Å². The Labute approximate surface area is 171 Å². The predicted octanol–water partition coefficient (Wildman–Crippen LogP) is 1.80. The van der Waals surface area contributed by atoms with Gasteiger partial charge in [0.1, 0.15) is 6.04 Å². The first kappa shape index (κ1) is 22.1. The van der Waals surface area contributed by atoms with E-state index in [4.69, 9.17) is 0 Å². The number of nitrogens with zero attached hydrogens (tertiary/aromatic N) is 2. The van der Waals surface area contributed by atoms with E-state index in [0.717, 1.165) is 5.56 Å². The van der Waals surface area contributed by atoms with Crippen LogP contribution in [0.1, 0.15) is 36.7 Å². The molecule has 0 aliphatic rings. The van der Waals surface area contributed by atoms with Crippen molar-refractivity contribution in [1.82, 2.24) is 20.5 Å². The molecule has 0 saturated carbocycles. The summed E-state index contributed by atoms with van der Waals surface area (Å²) in [5, 5.41) is 5.61. The number of likely N-dealkylation sites (N-methyl/N-ethyl adjacent to an activating group) is 1. The van der Waals surface area contributed by atoms with Gasteiger partial charge in [-0.2, -0.15) is 0 Å². The Kier molecular flexibility index (Phi) is 7.47. The molecular formula is C22H28N4O3. The number of aromatic nitrogens is 1. The van der Waals surface area contributed by atoms with Gasteiger partial charge in [-0.05, 0) is 38.5 Å². The number of nitrogens with one attached hydrogen (secondary N) is 2. The molecule has 1 atom stereocenters. The molecule has 1 aromatic carbocycles. The molecule has 0 bridgehead atoms. The highest BCUT2D eigenvalue weighted by atomic mass is 16.2. The summed E-state index contributed by atoms with van der Waals surface area (Å²) in [6.45, 7) is 5.53. The van der Waals surface area contributed by atoms with Crippen LogP contribution in [0.2, 0.25) is 0 Å². The Hall–Kier alpha value is -3.22. The van der Waals surface area contributed by atoms with Gasteiger partial charge in [-0.3, -0.25) is 19.4 Å². The molecule has 2 aromatic rings. The lowest BCUT2D eigenvalue weighted by atomic mass is 10.0. The van der Waals surface area contributed by atoms with E-state index in [-0.39, 0.29) is 29.8 Å². The summed E-state index contributed by atoms with van der Waals surface area (Å²) in [7, 11) is 1.55. The fourth-order valence-electron chi connectivity index (χ4n) is 2.81. The first-order valence-corrected chi connectivity index (χ1v) is 9.46. The minimum absolute atomic E-state index is 0.0931. The average molecular weight is 396 g/mol. The molecule has 0 aliphatic carbocycles. The molecule has 0 saturated heterocycles. The number of hydrogen-bond donors (Lipinski definition) is 2. The number of carbonyl (C=O) groups excluding carboxylic acids is 3. The number of carbonyl (C=O) groups is 3. The monoisotopic (exact) mass is 396 g/mol. The second-order valence-corrected chi connectivity index (χ2v) is 7.95. The van der Waals surface area contributed by atoms with E-state index >= 15 is 0 Å². The van der Waals surface area contributed by atoms with Crippen LogP contribution in [0, 0.1) is 0 Å². The van der Waals surface area contributed by atoms with Crippen molar-refractivity contribution in [2.75, 3.05) is 13.6 Å². The van der Waals surface area contributed by atoms with Crippen LogP contribution < -0.4 is 10.6 Å². The highest BCUT2D eigenvalue weighted by Gasteiger charge is 2.26. The largest absolute Gasteiger partial charge is 0.350 e. The highest BCUT2D eigenvalue weighted by Crippen LogP contribution is 2.08. The second kappa shape index (κ2) is 9.82. The van der Waals surface area contributed by atoms with Crippen LogP contribution in [0.5, 0.6) is 0 Å². The smallest absolute Gasteiger partial charge is 0.253 e. The summed E-state index contributed by atoms with van der Waals surface area (Å²) in [4.78, 5) is 43.1. The molecule has 0 radical (unpaired) electrons. The summed E-state index contributed by atoms with van der Waals surface area (Å²) < 4.78 is 0. The molecule has 2 N–H and O–H groups in total. The van der Waals surface area contributed by atoms with Crippen molar-refractivity contribution in [3.63, 3.8) is 0 Å². The molecule has 0 aliphatic heterocycles. The van der Waals surface area contributed by atoms with Crippen LogP contribution in [-0.2, 0) is 16.0 Å². The number of pyridine rings is 1. The quantitative estimate of drug-likeness (QED) is 0.747. The van der Waals surface area contributed by atoms with Crippen LogP contribution in [0.4, 0.5) is 0 Å². The molecule has 1 aromatic heterocycles. The molecule has 1 unspecified atom stereocenters. The molecular weight excluding hydrogens is 368 g/mol. The lowest BCUT2D eigenvalue weighted by Gasteiger charge is -2.26. The lowest BCUT2D eigenvalue weighted by molar-refractivity contribution is -0.136. The van der Waals surface area contributed by atoms with Gasteiger partial charge in [0.2, 0.25) is 11.8 Å². The van der Waals surface area contributed by atoms with Gasteiger partial charge in [0.15, 0.2) is 0 Å². The van der Waals surface area contributed by atoms with Crippen molar-refractivity contribution in [3.8, 4) is 0 Å². The first-order chi connectivity index (χ1) is 13.7. The van der Waals surface area contributed by atoms with Crippen molar-refractivity contribution in [1.29, 1.82) is 0 Å². The molecule has 0 spiro atoms. The van der Waals surface area contributed by atoms with Crippen molar-refractivity contribution in [2.24, 2.45) is 0 Å². The van der Waals surface area contributed by atoms with Crippen LogP contribution in [0.3, 0.4) is 0 Å². The summed E-state index contributed by atoms with van der Waals surface area (Å²) in [6, 6.07) is 11.9. The number of hydrogen-bond acceptors (Lipinski definition) is 4. The van der Waals surface area contributed by atoms with E-state index in [1.807, 2.05) is 51.1 Å². The first-order valence-electron chi connectivity index (χ1n) is 9.46. The summed E-state index contributed by atoms with van der Waals surface area (Å²) >= 11 is 0. The standard InChI is InChI=1S/C22H28N4O3/c1-22(2,3)25-19(27)15-26(4)21(29)18(13-16-9-6-5-7-10-16)24-20(28)17-11-8-12-23-14-17/h5-12,14,18H,13,15H2,1-4H3,(H,24,28)(H,25,27). The highest BCUT2D eigenvalue weighted by molar-refractivity contribution is 5.97. The van der Waals surface area contributed by atoms with Gasteiger partial charge >= 0.3 is 0 Å². The number of rotatable bonds is 7. The molecule has 2 rings (SSSR count). The van der Waals surface area contributed by atoms with Crippen LogP contribution >= 0.6 is 0 Å². The van der Waals surface area contributed by atoms with Gasteiger partial charge in [0, 0.05) is 31.4 Å². The van der Waals surface area contributed by atoms with E-state index in [1.54, 1.807) is 25.4 Å². The molecule has 3 amide bonds. The maximum absolute atomic E-state index is 13.0.